The molecule has 2 heterocycles. The van der Waals surface area contributed by atoms with E-state index in [1.54, 1.807) is 34.6 Å². The summed E-state index contributed by atoms with van der Waals surface area (Å²) in [6.07, 6.45) is -1.33. The van der Waals surface area contributed by atoms with Crippen LogP contribution in [-0.4, -0.2) is 113 Å². The van der Waals surface area contributed by atoms with Crippen LogP contribution in [0.2, 0.25) is 0 Å². The summed E-state index contributed by atoms with van der Waals surface area (Å²) >= 11 is 1.19. The molecule has 0 aliphatic carbocycles. The first-order chi connectivity index (χ1) is 19.4. The smallest absolute Gasteiger partial charge is 0.259 e. The van der Waals surface area contributed by atoms with Crippen LogP contribution in [0.3, 0.4) is 0 Å². The van der Waals surface area contributed by atoms with Crippen molar-refractivity contribution in [2.75, 3.05) is 32.1 Å². The Morgan fingerprint density at radius 3 is 1.78 bits per heavy atom. The monoisotopic (exact) mass is 598 g/mol. The Hall–Kier alpha value is -2.84. The summed E-state index contributed by atoms with van der Waals surface area (Å²) in [7, 11) is 0. The Balaban J connectivity index is 1.79. The fraction of sp³-hybridized carbons (Fsp3) is 0.741. The molecule has 0 bridgehead atoms. The topological polar surface area (TPSA) is 168 Å². The predicted molar refractivity (Wildman–Crippen MR) is 149 cm³/mol. The van der Waals surface area contributed by atoms with Gasteiger partial charge in [0.2, 0.25) is 23.6 Å². The second-order valence-electron chi connectivity index (χ2n) is 10.4. The normalized spacial score (nSPS) is 20.0. The fourth-order valence-corrected chi connectivity index (χ4v) is 5.56. The number of carbonyl (C=O) groups is 7. The van der Waals surface area contributed by atoms with E-state index in [1.807, 2.05) is 0 Å². The van der Waals surface area contributed by atoms with Gasteiger partial charge in [-0.3, -0.25) is 43.4 Å². The minimum absolute atomic E-state index is 0.00717. The van der Waals surface area contributed by atoms with Gasteiger partial charge >= 0.3 is 0 Å². The zero-order valence-corrected chi connectivity index (χ0v) is 25.3. The van der Waals surface area contributed by atoms with E-state index >= 15 is 0 Å². The van der Waals surface area contributed by atoms with E-state index in [4.69, 9.17) is 9.47 Å². The zero-order valence-electron chi connectivity index (χ0n) is 24.4. The van der Waals surface area contributed by atoms with Gasteiger partial charge in [0.05, 0.1) is 31.3 Å². The van der Waals surface area contributed by atoms with Crippen molar-refractivity contribution in [3.8, 4) is 0 Å². The van der Waals surface area contributed by atoms with Crippen LogP contribution in [0.15, 0.2) is 0 Å². The number of carbonyl (C=O) groups excluding carboxylic acids is 7. The van der Waals surface area contributed by atoms with E-state index in [2.05, 4.69) is 10.6 Å². The Labute approximate surface area is 244 Å². The highest BCUT2D eigenvalue weighted by molar-refractivity contribution is 8.00. The van der Waals surface area contributed by atoms with Gasteiger partial charge in [0.25, 0.3) is 11.8 Å². The molecule has 14 heteroatoms. The number of ketones is 1. The van der Waals surface area contributed by atoms with Crippen LogP contribution in [0.25, 0.3) is 0 Å². The lowest BCUT2D eigenvalue weighted by Crippen LogP contribution is -2.40. The molecule has 2 fully saturated rings. The molecule has 2 saturated heterocycles. The van der Waals surface area contributed by atoms with Gasteiger partial charge in [0, 0.05) is 50.2 Å². The third kappa shape index (κ3) is 10.2. The maximum absolute atomic E-state index is 12.9. The first-order valence-electron chi connectivity index (χ1n) is 14.0. The summed E-state index contributed by atoms with van der Waals surface area (Å²) in [5.74, 6) is -1.80. The van der Waals surface area contributed by atoms with Crippen molar-refractivity contribution in [2.24, 2.45) is 0 Å². The Morgan fingerprint density at radius 2 is 1.34 bits per heavy atom. The first kappa shape index (κ1) is 34.4. The third-order valence-electron chi connectivity index (χ3n) is 6.54. The second-order valence-corrected chi connectivity index (χ2v) is 11.7. The van der Waals surface area contributed by atoms with Crippen molar-refractivity contribution >= 4 is 53.0 Å². The van der Waals surface area contributed by atoms with Crippen LogP contribution in [0.4, 0.5) is 0 Å². The van der Waals surface area contributed by atoms with Crippen LogP contribution < -0.4 is 10.6 Å². The van der Waals surface area contributed by atoms with Crippen molar-refractivity contribution in [3.63, 3.8) is 0 Å². The fourth-order valence-electron chi connectivity index (χ4n) is 4.43. The minimum atomic E-state index is -0.883. The van der Waals surface area contributed by atoms with Crippen LogP contribution >= 0.6 is 11.8 Å². The number of ether oxygens (including phenoxy) is 2. The SMILES string of the molecule is CCC(=O)CCSC(CC(=O)NCCOC1CC(=O)N(C(C)C)C1=O)C(=O)NCCOC1CC(=O)N(C(C)C)C1=O. The molecule has 0 spiro atoms. The van der Waals surface area contributed by atoms with Gasteiger partial charge in [-0.2, -0.15) is 0 Å². The maximum atomic E-state index is 12.9. The number of hydrogen-bond donors (Lipinski definition) is 2. The molecular weight excluding hydrogens is 556 g/mol. The summed E-state index contributed by atoms with van der Waals surface area (Å²) in [6.45, 7) is 8.91. The molecule has 2 rings (SSSR count). The number of amides is 6. The number of hydrogen-bond acceptors (Lipinski definition) is 10. The third-order valence-corrected chi connectivity index (χ3v) is 7.76. The van der Waals surface area contributed by atoms with Crippen molar-refractivity contribution in [1.82, 2.24) is 20.4 Å². The maximum Gasteiger partial charge on any atom is 0.259 e. The molecular formula is C27H42N4O9S. The lowest BCUT2D eigenvalue weighted by Gasteiger charge is -2.19. The lowest BCUT2D eigenvalue weighted by molar-refractivity contribution is -0.145. The summed E-state index contributed by atoms with van der Waals surface area (Å²) in [5, 5.41) is 4.57. The van der Waals surface area contributed by atoms with Gasteiger partial charge in [-0.15, -0.1) is 11.8 Å². The molecule has 0 radical (unpaired) electrons. The van der Waals surface area contributed by atoms with E-state index in [1.165, 1.54) is 21.6 Å². The highest BCUT2D eigenvalue weighted by atomic mass is 32.2. The predicted octanol–water partition coefficient (Wildman–Crippen LogP) is 0.185. The molecule has 2 N–H and O–H groups in total. The van der Waals surface area contributed by atoms with Gasteiger partial charge < -0.3 is 20.1 Å². The standard InChI is InChI=1S/C27H42N4O9S/c1-6-18(32)7-12-41-21(25(36)29-9-11-40-20-14-24(35)31(17(4)5)27(20)38)15-22(33)28-8-10-39-19-13-23(34)30(16(2)3)26(19)37/h16-17,19-21H,6-15H2,1-5H3,(H,28,33)(H,29,36). The van der Waals surface area contributed by atoms with Crippen molar-refractivity contribution in [2.45, 2.75) is 96.3 Å². The van der Waals surface area contributed by atoms with Gasteiger partial charge in [0.1, 0.15) is 18.0 Å². The number of rotatable bonds is 18. The lowest BCUT2D eigenvalue weighted by atomic mass is 10.2. The molecule has 0 aromatic heterocycles. The molecule has 41 heavy (non-hydrogen) atoms. The number of thioether (sulfide) groups is 1. The number of nitrogens with zero attached hydrogens (tertiary/aromatic N) is 2. The van der Waals surface area contributed by atoms with E-state index in [9.17, 15) is 33.6 Å². The number of likely N-dealkylation sites (tertiary alicyclic amines) is 2. The van der Waals surface area contributed by atoms with Gasteiger partial charge in [-0.25, -0.2) is 0 Å². The summed E-state index contributed by atoms with van der Waals surface area (Å²) in [6, 6.07) is -0.518. The Kier molecular flexibility index (Phi) is 13.9. The van der Waals surface area contributed by atoms with Crippen LogP contribution in [-0.2, 0) is 43.0 Å². The molecule has 6 amide bonds. The van der Waals surface area contributed by atoms with Gasteiger partial charge in [0.15, 0.2) is 0 Å². The largest absolute Gasteiger partial charge is 0.366 e. The van der Waals surface area contributed by atoms with Crippen molar-refractivity contribution in [3.05, 3.63) is 0 Å². The van der Waals surface area contributed by atoms with Crippen LogP contribution in [0.1, 0.15) is 66.7 Å². The Bertz CT molecular complexity index is 1000. The van der Waals surface area contributed by atoms with Gasteiger partial charge in [-0.05, 0) is 27.7 Å². The summed E-state index contributed by atoms with van der Waals surface area (Å²) < 4.78 is 11.0. The Morgan fingerprint density at radius 1 is 0.854 bits per heavy atom. The number of nitrogens with one attached hydrogen (secondary N) is 2. The molecule has 3 unspecified atom stereocenters. The molecule has 0 aromatic rings. The molecule has 0 aromatic carbocycles. The van der Waals surface area contributed by atoms with E-state index in [-0.39, 0.29) is 81.7 Å². The summed E-state index contributed by atoms with van der Waals surface area (Å²) in [4.78, 5) is 88.1. The average Bonchev–Trinajstić information content (AvgIpc) is 3.35. The average molecular weight is 599 g/mol. The molecule has 2 aliphatic rings. The molecule has 230 valence electrons. The summed E-state index contributed by atoms with van der Waals surface area (Å²) in [5.41, 5.74) is 0. The molecule has 3 atom stereocenters. The van der Waals surface area contributed by atoms with E-state index in [0.29, 0.717) is 12.2 Å². The minimum Gasteiger partial charge on any atom is -0.366 e. The van der Waals surface area contributed by atoms with Crippen LogP contribution in [0, 0.1) is 0 Å². The quantitative estimate of drug-likeness (QED) is 0.164. The van der Waals surface area contributed by atoms with Gasteiger partial charge in [-0.1, -0.05) is 6.92 Å². The van der Waals surface area contributed by atoms with Crippen LogP contribution in [0.5, 0.6) is 0 Å². The number of Topliss-reactive ketones (excluding diaryl/α,β-unsaturated/α-hetero) is 1. The van der Waals surface area contributed by atoms with Crippen molar-refractivity contribution < 1.29 is 43.0 Å². The van der Waals surface area contributed by atoms with E-state index in [0.717, 1.165) is 0 Å². The van der Waals surface area contributed by atoms with Crippen molar-refractivity contribution in [1.29, 1.82) is 0 Å². The highest BCUT2D eigenvalue weighted by Gasteiger charge is 2.41. The van der Waals surface area contributed by atoms with E-state index < -0.39 is 41.1 Å². The second kappa shape index (κ2) is 16.6. The number of imide groups is 2. The first-order valence-corrected chi connectivity index (χ1v) is 15.0. The zero-order chi connectivity index (χ0) is 30.7. The molecule has 0 saturated carbocycles. The molecule has 13 nitrogen and oxygen atoms in total. The molecule has 2 aliphatic heterocycles. The highest BCUT2D eigenvalue weighted by Crippen LogP contribution is 2.20.